The summed E-state index contributed by atoms with van der Waals surface area (Å²) < 4.78 is 22.1. The van der Waals surface area contributed by atoms with E-state index in [9.17, 15) is 9.59 Å². The molecule has 1 aliphatic carbocycles. The molecule has 35 heavy (non-hydrogen) atoms. The quantitative estimate of drug-likeness (QED) is 0.560. The lowest BCUT2D eigenvalue weighted by Gasteiger charge is -2.25. The minimum Gasteiger partial charge on any atom is -0.496 e. The topological polar surface area (TPSA) is 103 Å². The highest BCUT2D eigenvalue weighted by atomic mass is 16.7. The van der Waals surface area contributed by atoms with Crippen molar-refractivity contribution in [2.45, 2.75) is 50.5 Å². The van der Waals surface area contributed by atoms with Gasteiger partial charge >= 0.3 is 6.09 Å². The van der Waals surface area contributed by atoms with Crippen LogP contribution in [0.4, 0.5) is 4.79 Å². The number of benzene rings is 2. The fourth-order valence-electron chi connectivity index (χ4n) is 4.76. The van der Waals surface area contributed by atoms with E-state index in [0.717, 1.165) is 31.2 Å². The molecule has 0 bridgehead atoms. The third-order valence-corrected chi connectivity index (χ3v) is 6.69. The molecule has 0 spiro atoms. The van der Waals surface area contributed by atoms with Gasteiger partial charge in [0, 0.05) is 31.1 Å². The zero-order valence-electron chi connectivity index (χ0n) is 19.9. The third-order valence-electron chi connectivity index (χ3n) is 6.69. The van der Waals surface area contributed by atoms with Crippen LogP contribution in [0.3, 0.4) is 0 Å². The van der Waals surface area contributed by atoms with Crippen LogP contribution in [0, 0.1) is 0 Å². The fourth-order valence-corrected chi connectivity index (χ4v) is 4.76. The van der Waals surface area contributed by atoms with Gasteiger partial charge in [-0.2, -0.15) is 0 Å². The molecule has 9 heteroatoms. The Morgan fingerprint density at radius 2 is 2.00 bits per heavy atom. The summed E-state index contributed by atoms with van der Waals surface area (Å²) in [5.41, 5.74) is 2.64. The number of amides is 2. The van der Waals surface area contributed by atoms with Crippen LogP contribution in [0.15, 0.2) is 46.9 Å². The second-order valence-electron chi connectivity index (χ2n) is 8.97. The van der Waals surface area contributed by atoms with E-state index in [1.54, 1.807) is 37.3 Å². The van der Waals surface area contributed by atoms with Gasteiger partial charge < -0.3 is 28.8 Å². The van der Waals surface area contributed by atoms with Crippen molar-refractivity contribution in [1.29, 1.82) is 0 Å². The molecule has 3 aromatic rings. The van der Waals surface area contributed by atoms with Gasteiger partial charge in [0.05, 0.1) is 19.3 Å². The summed E-state index contributed by atoms with van der Waals surface area (Å²) in [7, 11) is 3.35. The molecule has 3 atom stereocenters. The van der Waals surface area contributed by atoms with Gasteiger partial charge in [-0.3, -0.25) is 4.79 Å². The van der Waals surface area contributed by atoms with Gasteiger partial charge in [0.25, 0.3) is 5.91 Å². The molecule has 2 amide bonds. The van der Waals surface area contributed by atoms with Gasteiger partial charge in [-0.25, -0.2) is 9.78 Å². The lowest BCUT2D eigenvalue weighted by atomic mass is 10.1. The first-order valence-corrected chi connectivity index (χ1v) is 11.9. The van der Waals surface area contributed by atoms with E-state index >= 15 is 0 Å². The zero-order chi connectivity index (χ0) is 24.4. The molecule has 0 unspecified atom stereocenters. The Balaban J connectivity index is 1.23. The summed E-state index contributed by atoms with van der Waals surface area (Å²) >= 11 is 0. The van der Waals surface area contributed by atoms with Crippen molar-refractivity contribution in [3.8, 4) is 17.2 Å². The first kappa shape index (κ1) is 23.2. The minimum atomic E-state index is -0.462. The van der Waals surface area contributed by atoms with E-state index in [2.05, 4.69) is 10.3 Å². The SMILES string of the molecule is COc1cc(C(=O)N(C)[C@@H]2CC[C@H](NC(=O)O[C@H]3CCCO3)C2)ccc1-c1nc2ccccc2o1. The number of hydrogen-bond acceptors (Lipinski definition) is 7. The Morgan fingerprint density at radius 1 is 1.14 bits per heavy atom. The number of carbonyl (C=O) groups is 2. The number of fused-ring (bicyclic) bond motifs is 1. The van der Waals surface area contributed by atoms with Crippen LogP contribution < -0.4 is 10.1 Å². The van der Waals surface area contributed by atoms with E-state index in [1.165, 1.54) is 0 Å². The molecule has 2 aliphatic rings. The molecule has 2 aromatic carbocycles. The molecular formula is C26H29N3O6. The summed E-state index contributed by atoms with van der Waals surface area (Å²) in [6.45, 7) is 0.622. The average molecular weight is 480 g/mol. The van der Waals surface area contributed by atoms with Crippen LogP contribution in [0.5, 0.6) is 5.75 Å². The van der Waals surface area contributed by atoms with Crippen LogP contribution in [-0.4, -0.2) is 61.0 Å². The van der Waals surface area contributed by atoms with Crippen LogP contribution >= 0.6 is 0 Å². The van der Waals surface area contributed by atoms with Gasteiger partial charge in [-0.15, -0.1) is 0 Å². The zero-order valence-corrected chi connectivity index (χ0v) is 19.9. The van der Waals surface area contributed by atoms with E-state index in [1.807, 2.05) is 24.3 Å². The molecule has 5 rings (SSSR count). The van der Waals surface area contributed by atoms with Crippen LogP contribution in [0.1, 0.15) is 42.5 Å². The van der Waals surface area contributed by atoms with Crippen molar-refractivity contribution >= 4 is 23.1 Å². The number of ether oxygens (including phenoxy) is 3. The minimum absolute atomic E-state index is 0.0123. The standard InChI is InChI=1S/C26H29N3O6/c1-29(18-11-10-17(15-18)27-26(31)35-23-8-5-13-33-23)25(30)16-9-12-19(22(14-16)32-2)24-28-20-6-3-4-7-21(20)34-24/h3-4,6-7,9,12,14,17-18,23H,5,8,10-11,13,15H2,1-2H3,(H,27,31)/t17-,18+,23-/m0/s1. The molecule has 1 N–H and O–H groups in total. The predicted octanol–water partition coefficient (Wildman–Crippen LogP) is 4.36. The fraction of sp³-hybridized carbons (Fsp3) is 0.423. The highest BCUT2D eigenvalue weighted by Gasteiger charge is 2.32. The Hall–Kier alpha value is -3.59. The van der Waals surface area contributed by atoms with Gasteiger partial charge in [0.15, 0.2) is 5.58 Å². The number of rotatable bonds is 6. The maximum absolute atomic E-state index is 13.3. The summed E-state index contributed by atoms with van der Waals surface area (Å²) in [6, 6.07) is 12.8. The summed E-state index contributed by atoms with van der Waals surface area (Å²) in [6.07, 6.45) is 2.96. The molecule has 184 valence electrons. The Morgan fingerprint density at radius 3 is 2.77 bits per heavy atom. The van der Waals surface area contributed by atoms with Crippen LogP contribution in [0.2, 0.25) is 0 Å². The Kier molecular flexibility index (Phi) is 6.59. The van der Waals surface area contributed by atoms with Crippen molar-refractivity contribution in [1.82, 2.24) is 15.2 Å². The van der Waals surface area contributed by atoms with E-state index in [-0.39, 0.29) is 18.0 Å². The molecule has 1 aliphatic heterocycles. The van der Waals surface area contributed by atoms with Gasteiger partial charge in [-0.05, 0) is 56.0 Å². The van der Waals surface area contributed by atoms with Crippen LogP contribution in [-0.2, 0) is 9.47 Å². The Labute approximate surface area is 203 Å². The molecule has 2 heterocycles. The number of carbonyl (C=O) groups excluding carboxylic acids is 2. The number of aromatic nitrogens is 1. The molecule has 2 fully saturated rings. The highest BCUT2D eigenvalue weighted by molar-refractivity contribution is 5.95. The largest absolute Gasteiger partial charge is 0.496 e. The first-order chi connectivity index (χ1) is 17.0. The van der Waals surface area contributed by atoms with E-state index in [4.69, 9.17) is 18.6 Å². The van der Waals surface area contributed by atoms with E-state index in [0.29, 0.717) is 41.4 Å². The predicted molar refractivity (Wildman–Crippen MR) is 128 cm³/mol. The van der Waals surface area contributed by atoms with Crippen molar-refractivity contribution in [2.24, 2.45) is 0 Å². The van der Waals surface area contributed by atoms with Crippen molar-refractivity contribution in [3.05, 3.63) is 48.0 Å². The van der Waals surface area contributed by atoms with Crippen LogP contribution in [0.25, 0.3) is 22.6 Å². The number of hydrogen-bond donors (Lipinski definition) is 1. The first-order valence-electron chi connectivity index (χ1n) is 11.9. The smallest absolute Gasteiger partial charge is 0.409 e. The van der Waals surface area contributed by atoms with Gasteiger partial charge in [0.1, 0.15) is 11.3 Å². The maximum atomic E-state index is 13.3. The number of methoxy groups -OCH3 is 1. The summed E-state index contributed by atoms with van der Waals surface area (Å²) in [5.74, 6) is 0.841. The Bertz CT molecular complexity index is 1190. The monoisotopic (exact) mass is 479 g/mol. The molecule has 0 radical (unpaired) electrons. The van der Waals surface area contributed by atoms with Gasteiger partial charge in [0.2, 0.25) is 12.2 Å². The molecule has 1 saturated carbocycles. The normalized spacial score (nSPS) is 21.7. The number of nitrogens with one attached hydrogen (secondary N) is 1. The van der Waals surface area contributed by atoms with Crippen molar-refractivity contribution < 1.29 is 28.2 Å². The highest BCUT2D eigenvalue weighted by Crippen LogP contribution is 2.33. The second-order valence-corrected chi connectivity index (χ2v) is 8.97. The average Bonchev–Trinajstić information content (AvgIpc) is 3.63. The number of nitrogens with zero attached hydrogens (tertiary/aromatic N) is 2. The molecule has 9 nitrogen and oxygen atoms in total. The third kappa shape index (κ3) is 4.95. The van der Waals surface area contributed by atoms with E-state index < -0.39 is 12.4 Å². The number of para-hydroxylation sites is 2. The number of alkyl carbamates (subject to hydrolysis) is 1. The maximum Gasteiger partial charge on any atom is 0.409 e. The van der Waals surface area contributed by atoms with Gasteiger partial charge in [-0.1, -0.05) is 12.1 Å². The molecular weight excluding hydrogens is 450 g/mol. The number of oxazole rings is 1. The second kappa shape index (κ2) is 9.95. The molecule has 1 aromatic heterocycles. The van der Waals surface area contributed by atoms with Crippen molar-refractivity contribution in [2.75, 3.05) is 20.8 Å². The summed E-state index contributed by atoms with van der Waals surface area (Å²) in [5, 5.41) is 2.91. The summed E-state index contributed by atoms with van der Waals surface area (Å²) in [4.78, 5) is 31.7. The lowest BCUT2D eigenvalue weighted by Crippen LogP contribution is -2.39. The lowest BCUT2D eigenvalue weighted by molar-refractivity contribution is -0.0685. The molecule has 1 saturated heterocycles. The van der Waals surface area contributed by atoms with Crippen molar-refractivity contribution in [3.63, 3.8) is 0 Å².